The molecule has 10 nitrogen and oxygen atoms in total. The van der Waals surface area contributed by atoms with Crippen molar-refractivity contribution >= 4 is 23.6 Å². The van der Waals surface area contributed by atoms with Crippen molar-refractivity contribution in [3.05, 3.63) is 101 Å². The minimum absolute atomic E-state index is 0.000505. The molecule has 48 heavy (non-hydrogen) atoms. The van der Waals surface area contributed by atoms with Crippen LogP contribution < -0.4 is 15.4 Å². The van der Waals surface area contributed by atoms with Gasteiger partial charge in [0.15, 0.2) is 0 Å². The summed E-state index contributed by atoms with van der Waals surface area (Å²) in [5, 5.41) is 5.82. The van der Waals surface area contributed by atoms with Crippen molar-refractivity contribution in [3.8, 4) is 5.75 Å². The van der Waals surface area contributed by atoms with Crippen molar-refractivity contribution in [1.82, 2.24) is 20.4 Å². The van der Waals surface area contributed by atoms with Crippen LogP contribution in [-0.4, -0.2) is 92.5 Å². The highest BCUT2D eigenvalue weighted by Crippen LogP contribution is 2.34. The van der Waals surface area contributed by atoms with Crippen LogP contribution in [0.4, 0.5) is 4.39 Å². The molecule has 0 unspecified atom stereocenters. The van der Waals surface area contributed by atoms with E-state index >= 15 is 0 Å². The van der Waals surface area contributed by atoms with Gasteiger partial charge in [-0.05, 0) is 61.1 Å². The predicted molar refractivity (Wildman–Crippen MR) is 178 cm³/mol. The molecule has 0 radical (unpaired) electrons. The van der Waals surface area contributed by atoms with Gasteiger partial charge in [0.2, 0.25) is 17.7 Å². The first-order chi connectivity index (χ1) is 23.1. The van der Waals surface area contributed by atoms with Gasteiger partial charge in [0, 0.05) is 45.7 Å². The molecule has 0 saturated carbocycles. The number of halogens is 1. The van der Waals surface area contributed by atoms with E-state index in [-0.39, 0.29) is 55.7 Å². The number of likely N-dealkylation sites (N-methyl/N-ethyl adjacent to an activating group) is 2. The Morgan fingerprint density at radius 1 is 0.958 bits per heavy atom. The number of para-hydroxylation sites is 1. The number of hydrogen-bond donors (Lipinski definition) is 2. The van der Waals surface area contributed by atoms with Gasteiger partial charge in [-0.2, -0.15) is 0 Å². The smallest absolute Gasteiger partial charge is 0.255 e. The summed E-state index contributed by atoms with van der Waals surface area (Å²) in [6, 6.07) is 21.4. The second-order valence-electron chi connectivity index (χ2n) is 12.6. The van der Waals surface area contributed by atoms with Crippen molar-refractivity contribution in [2.24, 2.45) is 0 Å². The Morgan fingerprint density at radius 2 is 1.69 bits per heavy atom. The SMILES string of the molecule is CN1CC(=O)N(C)[C@H](Cc2ccccc2)COc2ccccc2C(=O)N[C@H](C(=O)NCC2(c3cccc(F)c3)CCOCC2)CCC1=O. The minimum atomic E-state index is -1.07. The molecule has 0 spiro atoms. The Labute approximate surface area is 280 Å². The maximum absolute atomic E-state index is 14.2. The molecule has 3 aromatic carbocycles. The Balaban J connectivity index is 1.39. The van der Waals surface area contributed by atoms with E-state index in [9.17, 15) is 23.6 Å². The third kappa shape index (κ3) is 8.57. The number of hydrogen-bond acceptors (Lipinski definition) is 6. The van der Waals surface area contributed by atoms with E-state index in [1.165, 1.54) is 17.0 Å². The Morgan fingerprint density at radius 3 is 2.44 bits per heavy atom. The van der Waals surface area contributed by atoms with E-state index in [1.54, 1.807) is 49.3 Å². The molecule has 2 aliphatic rings. The summed E-state index contributed by atoms with van der Waals surface area (Å²) in [7, 11) is 3.23. The molecule has 3 aromatic rings. The molecule has 2 aliphatic heterocycles. The highest BCUT2D eigenvalue weighted by atomic mass is 19.1. The molecule has 4 amide bonds. The fourth-order valence-corrected chi connectivity index (χ4v) is 6.26. The van der Waals surface area contributed by atoms with Crippen LogP contribution in [0.5, 0.6) is 5.75 Å². The molecule has 2 N–H and O–H groups in total. The van der Waals surface area contributed by atoms with Gasteiger partial charge < -0.3 is 29.9 Å². The predicted octanol–water partition coefficient (Wildman–Crippen LogP) is 3.49. The first-order valence-electron chi connectivity index (χ1n) is 16.3. The number of nitrogens with one attached hydrogen (secondary N) is 2. The van der Waals surface area contributed by atoms with Gasteiger partial charge in [-0.3, -0.25) is 19.2 Å². The largest absolute Gasteiger partial charge is 0.491 e. The average molecular weight is 659 g/mol. The quantitative estimate of drug-likeness (QED) is 0.419. The fourth-order valence-electron chi connectivity index (χ4n) is 6.26. The summed E-state index contributed by atoms with van der Waals surface area (Å²) in [4.78, 5) is 57.1. The van der Waals surface area contributed by atoms with E-state index in [0.29, 0.717) is 38.2 Å². The average Bonchev–Trinajstić information content (AvgIpc) is 3.10. The standard InChI is InChI=1S/C37H43FN4O6/c1-41-23-34(44)42(2)29(21-26-9-4-3-5-10-26)24-48-32-14-7-6-13-30(32)35(45)40-31(15-16-33(41)43)36(46)39-25-37(17-19-47-20-18-37)27-11-8-12-28(38)22-27/h3-14,22,29,31H,15-21,23-25H2,1-2H3,(H,39,46)(H,40,45)/t29-,31+/m1/s1. The number of carbonyl (C=O) groups excluding carboxylic acids is 4. The monoisotopic (exact) mass is 658 g/mol. The zero-order valence-corrected chi connectivity index (χ0v) is 27.5. The van der Waals surface area contributed by atoms with Crippen LogP contribution in [0, 0.1) is 5.82 Å². The van der Waals surface area contributed by atoms with Crippen LogP contribution in [0.2, 0.25) is 0 Å². The van der Waals surface area contributed by atoms with E-state index < -0.39 is 29.3 Å². The van der Waals surface area contributed by atoms with Crippen molar-refractivity contribution in [2.45, 2.75) is 49.6 Å². The van der Waals surface area contributed by atoms with Gasteiger partial charge >= 0.3 is 0 Å². The summed E-state index contributed by atoms with van der Waals surface area (Å²) < 4.78 is 26.0. The van der Waals surface area contributed by atoms with Gasteiger partial charge in [-0.25, -0.2) is 4.39 Å². The van der Waals surface area contributed by atoms with E-state index in [2.05, 4.69) is 10.6 Å². The van der Waals surface area contributed by atoms with Gasteiger partial charge in [-0.15, -0.1) is 0 Å². The number of rotatable bonds is 6. The summed E-state index contributed by atoms with van der Waals surface area (Å²) in [6.45, 7) is 1.06. The van der Waals surface area contributed by atoms with Crippen LogP contribution in [0.1, 0.15) is 47.2 Å². The normalized spacial score (nSPS) is 20.9. The lowest BCUT2D eigenvalue weighted by molar-refractivity contribution is -0.140. The lowest BCUT2D eigenvalue weighted by atomic mass is 9.74. The molecular formula is C37H43FN4O6. The van der Waals surface area contributed by atoms with E-state index in [4.69, 9.17) is 9.47 Å². The van der Waals surface area contributed by atoms with Gasteiger partial charge in [0.25, 0.3) is 5.91 Å². The Bertz CT molecular complexity index is 1600. The number of ether oxygens (including phenoxy) is 2. The summed E-state index contributed by atoms with van der Waals surface area (Å²) in [5.74, 6) is -1.66. The molecule has 1 saturated heterocycles. The Kier molecular flexibility index (Phi) is 11.4. The maximum Gasteiger partial charge on any atom is 0.255 e. The molecule has 11 heteroatoms. The third-order valence-corrected chi connectivity index (χ3v) is 9.37. The zero-order chi connectivity index (χ0) is 34.1. The second-order valence-corrected chi connectivity index (χ2v) is 12.6. The van der Waals surface area contributed by atoms with Crippen LogP contribution in [0.3, 0.4) is 0 Å². The van der Waals surface area contributed by atoms with Gasteiger partial charge in [0.1, 0.15) is 24.2 Å². The molecule has 1 fully saturated rings. The second kappa shape index (κ2) is 15.9. The van der Waals surface area contributed by atoms with Crippen LogP contribution in [0.15, 0.2) is 78.9 Å². The lowest BCUT2D eigenvalue weighted by Gasteiger charge is -2.38. The van der Waals surface area contributed by atoms with Crippen molar-refractivity contribution in [2.75, 3.05) is 47.0 Å². The molecule has 2 atom stereocenters. The van der Waals surface area contributed by atoms with Gasteiger partial charge in [-0.1, -0.05) is 54.6 Å². The van der Waals surface area contributed by atoms with Crippen molar-refractivity contribution in [1.29, 1.82) is 0 Å². The van der Waals surface area contributed by atoms with Crippen LogP contribution in [-0.2, 0) is 31.0 Å². The third-order valence-electron chi connectivity index (χ3n) is 9.37. The van der Waals surface area contributed by atoms with Crippen LogP contribution >= 0.6 is 0 Å². The fraction of sp³-hybridized carbons (Fsp3) is 0.405. The molecule has 0 aliphatic carbocycles. The molecule has 5 rings (SSSR count). The number of amides is 4. The number of fused-ring (bicyclic) bond motifs is 1. The van der Waals surface area contributed by atoms with E-state index in [0.717, 1.165) is 11.1 Å². The molecule has 2 heterocycles. The van der Waals surface area contributed by atoms with Crippen molar-refractivity contribution < 1.29 is 33.0 Å². The van der Waals surface area contributed by atoms with E-state index in [1.807, 2.05) is 36.4 Å². The highest BCUT2D eigenvalue weighted by Gasteiger charge is 2.36. The maximum atomic E-state index is 14.2. The first-order valence-corrected chi connectivity index (χ1v) is 16.3. The molecule has 0 bridgehead atoms. The van der Waals surface area contributed by atoms with Crippen molar-refractivity contribution in [3.63, 3.8) is 0 Å². The zero-order valence-electron chi connectivity index (χ0n) is 27.5. The first kappa shape index (κ1) is 34.6. The molecule has 254 valence electrons. The number of benzene rings is 3. The van der Waals surface area contributed by atoms with Crippen LogP contribution in [0.25, 0.3) is 0 Å². The Hall–Kier alpha value is -4.77. The molecule has 0 aromatic heterocycles. The summed E-state index contributed by atoms with van der Waals surface area (Å²) in [5.41, 5.74) is 1.44. The molecular weight excluding hydrogens is 615 g/mol. The number of nitrogens with zero attached hydrogens (tertiary/aromatic N) is 2. The summed E-state index contributed by atoms with van der Waals surface area (Å²) in [6.07, 6.45) is 1.58. The minimum Gasteiger partial charge on any atom is -0.491 e. The highest BCUT2D eigenvalue weighted by molar-refractivity contribution is 5.99. The topological polar surface area (TPSA) is 117 Å². The number of carbonyl (C=O) groups is 4. The van der Waals surface area contributed by atoms with Gasteiger partial charge in [0.05, 0.1) is 18.2 Å². The summed E-state index contributed by atoms with van der Waals surface area (Å²) >= 11 is 0. The lowest BCUT2D eigenvalue weighted by Crippen LogP contribution is -2.51.